The summed E-state index contributed by atoms with van der Waals surface area (Å²) in [5.41, 5.74) is 5.90. The minimum Gasteiger partial charge on any atom is -0.371 e. The lowest BCUT2D eigenvalue weighted by molar-refractivity contribution is -0.141. The zero-order valence-electron chi connectivity index (χ0n) is 9.72. The molecule has 0 aromatic carbocycles. The molecule has 0 aromatic heterocycles. The minimum atomic E-state index is -0.329. The summed E-state index contributed by atoms with van der Waals surface area (Å²) in [4.78, 5) is 14.0. The van der Waals surface area contributed by atoms with Crippen molar-refractivity contribution < 1.29 is 9.53 Å². The highest BCUT2D eigenvalue weighted by Gasteiger charge is 2.36. The van der Waals surface area contributed by atoms with Crippen LogP contribution in [-0.2, 0) is 9.53 Å². The first-order valence-electron chi connectivity index (χ1n) is 5.89. The standard InChI is InChI=1S/C11H20N2O2S/c1-16-5-4-10(12)11(14)13-6-8-2-3-9(7-13)15-8/h8-10H,2-7,12H2,1H3/t8?,9?,10-/m1/s1. The van der Waals surface area contributed by atoms with Gasteiger partial charge in [0.05, 0.1) is 18.2 Å². The number of carbonyl (C=O) groups is 1. The number of nitrogens with zero attached hydrogens (tertiary/aromatic N) is 1. The molecule has 2 heterocycles. The van der Waals surface area contributed by atoms with E-state index in [1.54, 1.807) is 11.8 Å². The van der Waals surface area contributed by atoms with E-state index in [0.29, 0.717) is 0 Å². The number of carbonyl (C=O) groups excluding carboxylic acids is 1. The van der Waals surface area contributed by atoms with Crippen molar-refractivity contribution in [1.82, 2.24) is 4.90 Å². The van der Waals surface area contributed by atoms with E-state index in [1.807, 2.05) is 11.2 Å². The van der Waals surface area contributed by atoms with E-state index in [0.717, 1.165) is 38.1 Å². The molecule has 5 heteroatoms. The highest BCUT2D eigenvalue weighted by Crippen LogP contribution is 2.26. The molecule has 2 saturated heterocycles. The van der Waals surface area contributed by atoms with E-state index in [4.69, 9.17) is 10.5 Å². The fraction of sp³-hybridized carbons (Fsp3) is 0.909. The molecule has 2 N–H and O–H groups in total. The smallest absolute Gasteiger partial charge is 0.239 e. The first kappa shape index (κ1) is 12.2. The Bertz CT molecular complexity index is 250. The molecule has 16 heavy (non-hydrogen) atoms. The van der Waals surface area contributed by atoms with Crippen LogP contribution in [0.5, 0.6) is 0 Å². The first-order chi connectivity index (χ1) is 7.70. The third-order valence-electron chi connectivity index (χ3n) is 3.31. The Kier molecular flexibility index (Phi) is 4.10. The zero-order chi connectivity index (χ0) is 11.5. The number of ether oxygens (including phenoxy) is 1. The maximum Gasteiger partial charge on any atom is 0.239 e. The summed E-state index contributed by atoms with van der Waals surface area (Å²) in [5, 5.41) is 0. The molecule has 0 saturated carbocycles. The fourth-order valence-electron chi connectivity index (χ4n) is 2.40. The van der Waals surface area contributed by atoms with E-state index >= 15 is 0 Å². The second kappa shape index (κ2) is 5.38. The number of likely N-dealkylation sites (tertiary alicyclic amines) is 1. The molecule has 2 rings (SSSR count). The van der Waals surface area contributed by atoms with Gasteiger partial charge in [-0.2, -0.15) is 11.8 Å². The molecule has 1 amide bonds. The molecule has 2 aliphatic heterocycles. The lowest BCUT2D eigenvalue weighted by Crippen LogP contribution is -2.51. The zero-order valence-corrected chi connectivity index (χ0v) is 10.5. The van der Waals surface area contributed by atoms with Crippen molar-refractivity contribution >= 4 is 17.7 Å². The summed E-state index contributed by atoms with van der Waals surface area (Å²) < 4.78 is 5.70. The monoisotopic (exact) mass is 244 g/mol. The van der Waals surface area contributed by atoms with Crippen LogP contribution in [0.3, 0.4) is 0 Å². The van der Waals surface area contributed by atoms with Crippen LogP contribution < -0.4 is 5.73 Å². The van der Waals surface area contributed by atoms with Crippen LogP contribution in [0, 0.1) is 0 Å². The average molecular weight is 244 g/mol. The van der Waals surface area contributed by atoms with Crippen LogP contribution in [-0.4, -0.2) is 54.2 Å². The van der Waals surface area contributed by atoms with Gasteiger partial charge in [0, 0.05) is 13.1 Å². The van der Waals surface area contributed by atoms with Gasteiger partial charge < -0.3 is 15.4 Å². The molecular weight excluding hydrogens is 224 g/mol. The van der Waals surface area contributed by atoms with Gasteiger partial charge in [-0.1, -0.05) is 0 Å². The molecule has 4 nitrogen and oxygen atoms in total. The molecule has 2 fully saturated rings. The minimum absolute atomic E-state index is 0.106. The SMILES string of the molecule is CSCC[C@@H](N)C(=O)N1CC2CCC(C1)O2. The van der Waals surface area contributed by atoms with Crippen molar-refractivity contribution in [1.29, 1.82) is 0 Å². The van der Waals surface area contributed by atoms with Crippen LogP contribution in [0.25, 0.3) is 0 Å². The molecule has 0 spiro atoms. The normalized spacial score (nSPS) is 30.5. The van der Waals surface area contributed by atoms with Crippen molar-refractivity contribution in [2.75, 3.05) is 25.1 Å². The van der Waals surface area contributed by atoms with Crippen molar-refractivity contribution in [2.45, 2.75) is 37.5 Å². The predicted molar refractivity (Wildman–Crippen MR) is 65.4 cm³/mol. The van der Waals surface area contributed by atoms with Crippen molar-refractivity contribution in [3.05, 3.63) is 0 Å². The van der Waals surface area contributed by atoms with Crippen LogP contribution >= 0.6 is 11.8 Å². The highest BCUT2D eigenvalue weighted by atomic mass is 32.2. The summed E-state index contributed by atoms with van der Waals surface area (Å²) in [7, 11) is 0. The van der Waals surface area contributed by atoms with E-state index in [2.05, 4.69) is 0 Å². The first-order valence-corrected chi connectivity index (χ1v) is 7.29. The lowest BCUT2D eigenvalue weighted by atomic mass is 10.2. The van der Waals surface area contributed by atoms with Gasteiger partial charge in [-0.05, 0) is 31.3 Å². The maximum absolute atomic E-state index is 12.1. The molecular formula is C11H20N2O2S. The van der Waals surface area contributed by atoms with Gasteiger partial charge in [0.15, 0.2) is 0 Å². The van der Waals surface area contributed by atoms with E-state index in [9.17, 15) is 4.79 Å². The number of nitrogens with two attached hydrogens (primary N) is 1. The highest BCUT2D eigenvalue weighted by molar-refractivity contribution is 7.98. The summed E-state index contributed by atoms with van der Waals surface area (Å²) in [6, 6.07) is -0.329. The van der Waals surface area contributed by atoms with E-state index in [-0.39, 0.29) is 24.2 Å². The predicted octanol–water partition coefficient (Wildman–Crippen LogP) is 0.457. The molecule has 2 aliphatic rings. The second-order valence-electron chi connectivity index (χ2n) is 4.59. The summed E-state index contributed by atoms with van der Waals surface area (Å²) >= 11 is 1.73. The van der Waals surface area contributed by atoms with Gasteiger partial charge in [0.1, 0.15) is 0 Å². The summed E-state index contributed by atoms with van der Waals surface area (Å²) in [5.74, 6) is 1.05. The third kappa shape index (κ3) is 2.70. The lowest BCUT2D eigenvalue weighted by Gasteiger charge is -2.33. The largest absolute Gasteiger partial charge is 0.371 e. The number of fused-ring (bicyclic) bond motifs is 2. The number of rotatable bonds is 4. The molecule has 0 aromatic rings. The van der Waals surface area contributed by atoms with E-state index in [1.165, 1.54) is 0 Å². The van der Waals surface area contributed by atoms with Gasteiger partial charge in [-0.25, -0.2) is 0 Å². The topological polar surface area (TPSA) is 55.6 Å². The van der Waals surface area contributed by atoms with Crippen molar-refractivity contribution in [3.63, 3.8) is 0 Å². The van der Waals surface area contributed by atoms with Crippen molar-refractivity contribution in [2.24, 2.45) is 5.73 Å². The number of morpholine rings is 1. The van der Waals surface area contributed by atoms with Gasteiger partial charge in [0.25, 0.3) is 0 Å². The Morgan fingerprint density at radius 1 is 1.50 bits per heavy atom. The Hall–Kier alpha value is -0.260. The van der Waals surface area contributed by atoms with Gasteiger partial charge in [-0.15, -0.1) is 0 Å². The second-order valence-corrected chi connectivity index (χ2v) is 5.57. The number of thioether (sulfide) groups is 1. The number of amides is 1. The molecule has 92 valence electrons. The van der Waals surface area contributed by atoms with Crippen LogP contribution in [0.4, 0.5) is 0 Å². The van der Waals surface area contributed by atoms with Gasteiger partial charge in [0.2, 0.25) is 5.91 Å². The quantitative estimate of drug-likeness (QED) is 0.780. The van der Waals surface area contributed by atoms with Crippen LogP contribution in [0.15, 0.2) is 0 Å². The van der Waals surface area contributed by atoms with Gasteiger partial charge >= 0.3 is 0 Å². The van der Waals surface area contributed by atoms with Crippen LogP contribution in [0.1, 0.15) is 19.3 Å². The summed E-state index contributed by atoms with van der Waals surface area (Å²) in [6.07, 6.45) is 5.51. The summed E-state index contributed by atoms with van der Waals surface area (Å²) in [6.45, 7) is 1.48. The fourth-order valence-corrected chi connectivity index (χ4v) is 2.89. The Balaban J connectivity index is 1.85. The number of hydrogen-bond donors (Lipinski definition) is 1. The third-order valence-corrected chi connectivity index (χ3v) is 3.95. The van der Waals surface area contributed by atoms with Crippen LogP contribution in [0.2, 0.25) is 0 Å². The molecule has 2 unspecified atom stereocenters. The maximum atomic E-state index is 12.1. The Morgan fingerprint density at radius 2 is 2.12 bits per heavy atom. The van der Waals surface area contributed by atoms with Gasteiger partial charge in [-0.3, -0.25) is 4.79 Å². The Labute approximate surface area is 101 Å². The number of hydrogen-bond acceptors (Lipinski definition) is 4. The molecule has 3 atom stereocenters. The Morgan fingerprint density at radius 3 is 2.69 bits per heavy atom. The average Bonchev–Trinajstić information content (AvgIpc) is 2.64. The van der Waals surface area contributed by atoms with E-state index < -0.39 is 0 Å². The van der Waals surface area contributed by atoms with Crippen molar-refractivity contribution in [3.8, 4) is 0 Å². The molecule has 2 bridgehead atoms. The molecule has 0 radical (unpaired) electrons. The molecule has 0 aliphatic carbocycles.